The van der Waals surface area contributed by atoms with Crippen molar-refractivity contribution in [2.24, 2.45) is 0 Å². The van der Waals surface area contributed by atoms with Crippen LogP contribution in [-0.4, -0.2) is 60.3 Å². The smallest absolute Gasteiger partial charge is 0.327 e. The molecule has 2 N–H and O–H groups in total. The minimum Gasteiger partial charge on any atom is -0.468 e. The summed E-state index contributed by atoms with van der Waals surface area (Å²) in [6.07, 6.45) is 0.145. The van der Waals surface area contributed by atoms with Gasteiger partial charge in [-0.05, 0) is 36.6 Å². The van der Waals surface area contributed by atoms with Gasteiger partial charge in [-0.25, -0.2) is 4.79 Å². The number of ether oxygens (including phenoxy) is 2. The number of carbonyl (C=O) groups excluding carboxylic acids is 1. The summed E-state index contributed by atoms with van der Waals surface area (Å²) in [7, 11) is 1.33. The number of nitrogens with zero attached hydrogens (tertiary/aromatic N) is 1. The van der Waals surface area contributed by atoms with Crippen molar-refractivity contribution in [2.45, 2.75) is 31.8 Å². The fourth-order valence-corrected chi connectivity index (χ4v) is 3.20. The molecule has 1 fully saturated rings. The van der Waals surface area contributed by atoms with Gasteiger partial charge in [-0.3, -0.25) is 4.90 Å². The highest BCUT2D eigenvalue weighted by Gasteiger charge is 2.34. The number of carbonyl (C=O) groups is 1. The molecular formula is C18H24ClNO5. The van der Waals surface area contributed by atoms with E-state index in [2.05, 4.69) is 0 Å². The van der Waals surface area contributed by atoms with Crippen molar-refractivity contribution in [2.75, 3.05) is 26.8 Å². The SMILES string of the molecule is CCOC(O)/C=C1\CN([C@H](C(=O)OC)c2ccccc2Cl)CC[C@@H]1O. The number of hydrogen-bond acceptors (Lipinski definition) is 6. The van der Waals surface area contributed by atoms with Crippen LogP contribution < -0.4 is 0 Å². The molecule has 25 heavy (non-hydrogen) atoms. The lowest BCUT2D eigenvalue weighted by atomic mass is 9.96. The van der Waals surface area contributed by atoms with Crippen molar-refractivity contribution >= 4 is 17.6 Å². The fourth-order valence-electron chi connectivity index (χ4n) is 2.96. The summed E-state index contributed by atoms with van der Waals surface area (Å²) in [5.74, 6) is -0.422. The Morgan fingerprint density at radius 3 is 2.84 bits per heavy atom. The van der Waals surface area contributed by atoms with E-state index in [9.17, 15) is 15.0 Å². The number of benzene rings is 1. The third-order valence-corrected chi connectivity index (χ3v) is 4.53. The second-order valence-corrected chi connectivity index (χ2v) is 6.22. The van der Waals surface area contributed by atoms with Crippen LogP contribution in [0.1, 0.15) is 24.9 Å². The number of esters is 1. The highest BCUT2D eigenvalue weighted by molar-refractivity contribution is 6.31. The van der Waals surface area contributed by atoms with Crippen LogP contribution in [0.3, 0.4) is 0 Å². The highest BCUT2D eigenvalue weighted by Crippen LogP contribution is 2.32. The molecule has 1 aromatic carbocycles. The van der Waals surface area contributed by atoms with Crippen LogP contribution >= 0.6 is 11.6 Å². The van der Waals surface area contributed by atoms with Crippen LogP contribution in [-0.2, 0) is 14.3 Å². The first-order valence-electron chi connectivity index (χ1n) is 8.22. The van der Waals surface area contributed by atoms with Gasteiger partial charge < -0.3 is 19.7 Å². The van der Waals surface area contributed by atoms with Gasteiger partial charge in [0.05, 0.1) is 13.2 Å². The monoisotopic (exact) mass is 369 g/mol. The zero-order chi connectivity index (χ0) is 18.4. The van der Waals surface area contributed by atoms with Gasteiger partial charge in [0.25, 0.3) is 0 Å². The van der Waals surface area contributed by atoms with Gasteiger partial charge in [0, 0.05) is 24.7 Å². The van der Waals surface area contributed by atoms with Crippen molar-refractivity contribution in [1.29, 1.82) is 0 Å². The lowest BCUT2D eigenvalue weighted by Gasteiger charge is -2.37. The molecule has 138 valence electrons. The summed E-state index contributed by atoms with van der Waals surface area (Å²) < 4.78 is 10.1. The van der Waals surface area contributed by atoms with Crippen molar-refractivity contribution in [3.8, 4) is 0 Å². The molecule has 0 spiro atoms. The number of aliphatic hydroxyl groups is 2. The van der Waals surface area contributed by atoms with Crippen LogP contribution in [0, 0.1) is 0 Å². The highest BCUT2D eigenvalue weighted by atomic mass is 35.5. The fraction of sp³-hybridized carbons (Fsp3) is 0.500. The van der Waals surface area contributed by atoms with Gasteiger partial charge in [0.15, 0.2) is 6.29 Å². The van der Waals surface area contributed by atoms with E-state index in [1.54, 1.807) is 25.1 Å². The molecular weight excluding hydrogens is 346 g/mol. The molecule has 1 unspecified atom stereocenters. The average molecular weight is 370 g/mol. The summed E-state index contributed by atoms with van der Waals surface area (Å²) in [5, 5.41) is 20.5. The first-order chi connectivity index (χ1) is 12.0. The Balaban J connectivity index is 2.29. The van der Waals surface area contributed by atoms with Gasteiger partial charge in [0.1, 0.15) is 6.04 Å². The van der Waals surface area contributed by atoms with Crippen LogP contribution in [0.4, 0.5) is 0 Å². The van der Waals surface area contributed by atoms with Crippen LogP contribution in [0.15, 0.2) is 35.9 Å². The Morgan fingerprint density at radius 1 is 1.48 bits per heavy atom. The van der Waals surface area contributed by atoms with Crippen LogP contribution in [0.25, 0.3) is 0 Å². The molecule has 0 amide bonds. The Labute approximate surface area is 152 Å². The molecule has 3 atom stereocenters. The molecule has 1 aliphatic rings. The molecule has 0 bridgehead atoms. The normalized spacial score (nSPS) is 22.6. The Kier molecular flexibility index (Phi) is 7.40. The minimum atomic E-state index is -1.09. The van der Waals surface area contributed by atoms with E-state index < -0.39 is 24.4 Å². The lowest BCUT2D eigenvalue weighted by Crippen LogP contribution is -2.43. The Morgan fingerprint density at radius 2 is 2.20 bits per heavy atom. The van der Waals surface area contributed by atoms with Gasteiger partial charge in [-0.15, -0.1) is 0 Å². The number of piperidine rings is 1. The van der Waals surface area contributed by atoms with Gasteiger partial charge in [-0.1, -0.05) is 29.8 Å². The topological polar surface area (TPSA) is 79.2 Å². The number of likely N-dealkylation sites (tertiary alicyclic amines) is 1. The molecule has 0 aliphatic carbocycles. The molecule has 0 saturated carbocycles. The van der Waals surface area contributed by atoms with E-state index >= 15 is 0 Å². The zero-order valence-corrected chi connectivity index (χ0v) is 15.1. The van der Waals surface area contributed by atoms with Crippen molar-refractivity contribution in [1.82, 2.24) is 4.90 Å². The first-order valence-corrected chi connectivity index (χ1v) is 8.60. The quantitative estimate of drug-likeness (QED) is 0.453. The molecule has 1 heterocycles. The number of aliphatic hydroxyl groups excluding tert-OH is 2. The second kappa shape index (κ2) is 9.31. The minimum absolute atomic E-state index is 0.302. The third-order valence-electron chi connectivity index (χ3n) is 4.19. The summed E-state index contributed by atoms with van der Waals surface area (Å²) in [6.45, 7) is 2.93. The van der Waals surface area contributed by atoms with Crippen LogP contribution in [0.2, 0.25) is 5.02 Å². The van der Waals surface area contributed by atoms with Crippen molar-refractivity contribution < 1.29 is 24.5 Å². The van der Waals surface area contributed by atoms with Gasteiger partial charge >= 0.3 is 5.97 Å². The maximum atomic E-state index is 12.4. The lowest BCUT2D eigenvalue weighted by molar-refractivity contribution is -0.147. The summed E-state index contributed by atoms with van der Waals surface area (Å²) in [5.41, 5.74) is 1.25. The van der Waals surface area contributed by atoms with Gasteiger partial charge in [-0.2, -0.15) is 0 Å². The van der Waals surface area contributed by atoms with Crippen molar-refractivity contribution in [3.63, 3.8) is 0 Å². The first kappa shape index (κ1) is 19.9. The standard InChI is InChI=1S/C18H24ClNO5/c1-3-25-16(22)10-12-11-20(9-8-15(12)21)17(18(23)24-2)13-6-4-5-7-14(13)19/h4-7,10,15-17,21-22H,3,8-9,11H2,1-2H3/b12-10+/t15-,16?,17-/m0/s1. The summed E-state index contributed by atoms with van der Waals surface area (Å²) in [6, 6.07) is 6.43. The van der Waals surface area contributed by atoms with Crippen LogP contribution in [0.5, 0.6) is 0 Å². The molecule has 6 nitrogen and oxygen atoms in total. The predicted molar refractivity (Wildman–Crippen MR) is 94.1 cm³/mol. The predicted octanol–water partition coefficient (Wildman–Crippen LogP) is 1.90. The maximum absolute atomic E-state index is 12.4. The van der Waals surface area contributed by atoms with E-state index in [-0.39, 0.29) is 0 Å². The van der Waals surface area contributed by atoms with E-state index in [1.807, 2.05) is 11.0 Å². The number of halogens is 1. The molecule has 1 aromatic rings. The van der Waals surface area contributed by atoms with E-state index in [1.165, 1.54) is 13.2 Å². The Bertz CT molecular complexity index is 621. The van der Waals surface area contributed by atoms with E-state index in [0.29, 0.717) is 42.3 Å². The molecule has 7 heteroatoms. The number of methoxy groups -OCH3 is 1. The maximum Gasteiger partial charge on any atom is 0.327 e. The zero-order valence-electron chi connectivity index (χ0n) is 14.4. The largest absolute Gasteiger partial charge is 0.468 e. The summed E-state index contributed by atoms with van der Waals surface area (Å²) in [4.78, 5) is 14.3. The molecule has 1 aliphatic heterocycles. The number of rotatable bonds is 6. The van der Waals surface area contributed by atoms with Gasteiger partial charge in [0.2, 0.25) is 0 Å². The van der Waals surface area contributed by atoms with E-state index in [0.717, 1.165) is 0 Å². The number of hydrogen-bond donors (Lipinski definition) is 2. The molecule has 1 saturated heterocycles. The third kappa shape index (κ3) is 5.03. The molecule has 0 radical (unpaired) electrons. The molecule has 2 rings (SSSR count). The summed E-state index contributed by atoms with van der Waals surface area (Å²) >= 11 is 6.27. The molecule has 0 aromatic heterocycles. The second-order valence-electron chi connectivity index (χ2n) is 5.81. The van der Waals surface area contributed by atoms with E-state index in [4.69, 9.17) is 21.1 Å². The average Bonchev–Trinajstić information content (AvgIpc) is 2.59. The Hall–Kier alpha value is -1.44. The van der Waals surface area contributed by atoms with Crippen molar-refractivity contribution in [3.05, 3.63) is 46.5 Å².